The second kappa shape index (κ2) is 7.57. The predicted octanol–water partition coefficient (Wildman–Crippen LogP) is 0.0500. The van der Waals surface area contributed by atoms with Crippen molar-refractivity contribution in [3.8, 4) is 0 Å². The number of hydrogen-bond donors (Lipinski definition) is 2. The molecular formula is C16H25N3O4. The lowest BCUT2D eigenvalue weighted by molar-refractivity contribution is -0.143. The molecule has 1 aliphatic carbocycles. The minimum Gasteiger partial charge on any atom is -0.354 e. The summed E-state index contributed by atoms with van der Waals surface area (Å²) >= 11 is 0. The highest BCUT2D eigenvalue weighted by Crippen LogP contribution is 2.37. The van der Waals surface area contributed by atoms with Gasteiger partial charge in [0.1, 0.15) is 6.54 Å². The van der Waals surface area contributed by atoms with Crippen LogP contribution >= 0.6 is 0 Å². The Hall–Kier alpha value is -1.92. The summed E-state index contributed by atoms with van der Waals surface area (Å²) in [7, 11) is 0. The Morgan fingerprint density at radius 3 is 2.09 bits per heavy atom. The molecule has 128 valence electrons. The van der Waals surface area contributed by atoms with Crippen molar-refractivity contribution in [2.75, 3.05) is 19.6 Å². The molecule has 0 radical (unpaired) electrons. The minimum atomic E-state index is -0.371. The van der Waals surface area contributed by atoms with Gasteiger partial charge in [-0.3, -0.25) is 24.1 Å². The normalized spacial score (nSPS) is 23.9. The van der Waals surface area contributed by atoms with E-state index in [1.54, 1.807) is 13.8 Å². The summed E-state index contributed by atoms with van der Waals surface area (Å²) in [5.41, 5.74) is 0. The first-order valence-corrected chi connectivity index (χ1v) is 8.31. The van der Waals surface area contributed by atoms with Crippen molar-refractivity contribution in [3.63, 3.8) is 0 Å². The zero-order valence-corrected chi connectivity index (χ0v) is 13.8. The molecule has 0 aromatic rings. The van der Waals surface area contributed by atoms with E-state index < -0.39 is 0 Å². The van der Waals surface area contributed by atoms with Crippen molar-refractivity contribution in [3.05, 3.63) is 0 Å². The summed E-state index contributed by atoms with van der Waals surface area (Å²) in [5, 5.41) is 5.31. The highest BCUT2D eigenvalue weighted by molar-refractivity contribution is 6.07. The molecule has 0 aromatic heterocycles. The Kier molecular flexibility index (Phi) is 5.74. The van der Waals surface area contributed by atoms with Gasteiger partial charge in [0.05, 0.1) is 11.8 Å². The number of rotatable bonds is 6. The molecule has 0 bridgehead atoms. The molecule has 2 aliphatic rings. The van der Waals surface area contributed by atoms with Crippen LogP contribution in [0.4, 0.5) is 0 Å². The fraction of sp³-hybridized carbons (Fsp3) is 0.750. The lowest BCUT2D eigenvalue weighted by Crippen LogP contribution is -2.43. The van der Waals surface area contributed by atoms with Crippen molar-refractivity contribution in [2.24, 2.45) is 17.8 Å². The van der Waals surface area contributed by atoms with Crippen LogP contribution in [0.15, 0.2) is 0 Å². The van der Waals surface area contributed by atoms with Gasteiger partial charge in [-0.05, 0) is 12.8 Å². The van der Waals surface area contributed by atoms with Gasteiger partial charge in [0.25, 0.3) is 0 Å². The molecule has 2 atom stereocenters. The monoisotopic (exact) mass is 323 g/mol. The third-order valence-corrected chi connectivity index (χ3v) is 4.50. The molecule has 7 nitrogen and oxygen atoms in total. The molecule has 2 N–H and O–H groups in total. The molecule has 0 spiro atoms. The van der Waals surface area contributed by atoms with Crippen LogP contribution in [-0.4, -0.2) is 48.2 Å². The molecule has 2 unspecified atom stereocenters. The Morgan fingerprint density at radius 2 is 1.57 bits per heavy atom. The van der Waals surface area contributed by atoms with Gasteiger partial charge in [-0.1, -0.05) is 26.7 Å². The average molecular weight is 323 g/mol. The number of nitrogens with zero attached hydrogens (tertiary/aromatic N) is 1. The summed E-state index contributed by atoms with van der Waals surface area (Å²) in [6, 6.07) is 0. The highest BCUT2D eigenvalue weighted by atomic mass is 16.2. The first-order chi connectivity index (χ1) is 10.9. The van der Waals surface area contributed by atoms with Crippen molar-refractivity contribution < 1.29 is 19.2 Å². The van der Waals surface area contributed by atoms with Crippen molar-refractivity contribution in [2.45, 2.75) is 39.5 Å². The van der Waals surface area contributed by atoms with Crippen LogP contribution in [-0.2, 0) is 19.2 Å². The van der Waals surface area contributed by atoms with E-state index in [9.17, 15) is 19.2 Å². The number of hydrogen-bond acceptors (Lipinski definition) is 4. The summed E-state index contributed by atoms with van der Waals surface area (Å²) in [5.74, 6) is -1.42. The second-order valence-electron chi connectivity index (χ2n) is 6.56. The quantitative estimate of drug-likeness (QED) is 0.533. The molecule has 1 aliphatic heterocycles. The van der Waals surface area contributed by atoms with Gasteiger partial charge < -0.3 is 10.6 Å². The van der Waals surface area contributed by atoms with Crippen LogP contribution in [0, 0.1) is 17.8 Å². The molecule has 2 fully saturated rings. The van der Waals surface area contributed by atoms with Crippen LogP contribution in [0.25, 0.3) is 0 Å². The van der Waals surface area contributed by atoms with Gasteiger partial charge >= 0.3 is 0 Å². The van der Waals surface area contributed by atoms with E-state index in [0.717, 1.165) is 30.6 Å². The topological polar surface area (TPSA) is 95.6 Å². The lowest BCUT2D eigenvalue weighted by Gasteiger charge is -2.19. The number of fused-ring (bicyclic) bond motifs is 1. The standard InChI is InChI=1S/C16H25N3O4/c1-10(2)14(21)18-8-7-17-13(20)9-19-15(22)11-5-3-4-6-12(11)16(19)23/h10-12H,3-9H2,1-2H3,(H,17,20)(H,18,21). The zero-order chi connectivity index (χ0) is 17.0. The van der Waals surface area contributed by atoms with Crippen LogP contribution in [0.5, 0.6) is 0 Å². The molecule has 23 heavy (non-hydrogen) atoms. The van der Waals surface area contributed by atoms with Gasteiger partial charge in [-0.15, -0.1) is 0 Å². The Morgan fingerprint density at radius 1 is 1.04 bits per heavy atom. The van der Waals surface area contributed by atoms with E-state index in [2.05, 4.69) is 10.6 Å². The van der Waals surface area contributed by atoms with Crippen LogP contribution < -0.4 is 10.6 Å². The predicted molar refractivity (Wildman–Crippen MR) is 83.0 cm³/mol. The Bertz CT molecular complexity index is 480. The van der Waals surface area contributed by atoms with Gasteiger partial charge in [-0.2, -0.15) is 0 Å². The number of amides is 4. The highest BCUT2D eigenvalue weighted by Gasteiger charge is 2.48. The number of imide groups is 1. The van der Waals surface area contributed by atoms with E-state index in [1.807, 2.05) is 0 Å². The molecule has 7 heteroatoms. The van der Waals surface area contributed by atoms with E-state index in [4.69, 9.17) is 0 Å². The molecule has 1 heterocycles. The van der Waals surface area contributed by atoms with Crippen LogP contribution in [0.1, 0.15) is 39.5 Å². The largest absolute Gasteiger partial charge is 0.354 e. The number of carbonyl (C=O) groups excluding carboxylic acids is 4. The Balaban J connectivity index is 1.76. The number of carbonyl (C=O) groups is 4. The first-order valence-electron chi connectivity index (χ1n) is 8.31. The summed E-state index contributed by atoms with van der Waals surface area (Å²) < 4.78 is 0. The van der Waals surface area contributed by atoms with Crippen molar-refractivity contribution >= 4 is 23.6 Å². The fourth-order valence-electron chi connectivity index (χ4n) is 3.18. The third kappa shape index (κ3) is 4.09. The van der Waals surface area contributed by atoms with E-state index in [0.29, 0.717) is 6.54 Å². The second-order valence-corrected chi connectivity index (χ2v) is 6.56. The molecule has 2 rings (SSSR count). The average Bonchev–Trinajstić information content (AvgIpc) is 2.77. The van der Waals surface area contributed by atoms with Gasteiger partial charge in [0.2, 0.25) is 23.6 Å². The molecule has 1 saturated carbocycles. The maximum absolute atomic E-state index is 12.2. The minimum absolute atomic E-state index is 0.0757. The maximum Gasteiger partial charge on any atom is 0.240 e. The third-order valence-electron chi connectivity index (χ3n) is 4.50. The lowest BCUT2D eigenvalue weighted by atomic mass is 9.81. The number of likely N-dealkylation sites (tertiary alicyclic amines) is 1. The Labute approximate surface area is 136 Å². The smallest absolute Gasteiger partial charge is 0.240 e. The maximum atomic E-state index is 12.2. The van der Waals surface area contributed by atoms with Crippen LogP contribution in [0.2, 0.25) is 0 Å². The van der Waals surface area contributed by atoms with Crippen molar-refractivity contribution in [1.29, 1.82) is 0 Å². The van der Waals surface area contributed by atoms with Crippen molar-refractivity contribution in [1.82, 2.24) is 15.5 Å². The summed E-state index contributed by atoms with van der Waals surface area (Å²) in [6.07, 6.45) is 3.43. The molecular weight excluding hydrogens is 298 g/mol. The number of nitrogens with one attached hydrogen (secondary N) is 2. The van der Waals surface area contributed by atoms with E-state index in [1.165, 1.54) is 0 Å². The SMILES string of the molecule is CC(C)C(=O)NCCNC(=O)CN1C(=O)C2CCCCC2C1=O. The van der Waals surface area contributed by atoms with Gasteiger partial charge in [0, 0.05) is 19.0 Å². The van der Waals surface area contributed by atoms with E-state index >= 15 is 0 Å². The summed E-state index contributed by atoms with van der Waals surface area (Å²) in [6.45, 7) is 3.97. The zero-order valence-electron chi connectivity index (χ0n) is 13.8. The molecule has 4 amide bonds. The first kappa shape index (κ1) is 17.4. The van der Waals surface area contributed by atoms with E-state index in [-0.39, 0.29) is 54.5 Å². The summed E-state index contributed by atoms with van der Waals surface area (Å²) in [4.78, 5) is 48.9. The van der Waals surface area contributed by atoms with Crippen LogP contribution in [0.3, 0.4) is 0 Å². The fourth-order valence-corrected chi connectivity index (χ4v) is 3.18. The molecule has 1 saturated heterocycles. The molecule has 0 aromatic carbocycles. The van der Waals surface area contributed by atoms with Gasteiger partial charge in [-0.25, -0.2) is 0 Å². The van der Waals surface area contributed by atoms with Gasteiger partial charge in [0.15, 0.2) is 0 Å².